The maximum atomic E-state index is 12.8. The number of halogens is 2. The van der Waals surface area contributed by atoms with Crippen LogP contribution in [0.2, 0.25) is 10.0 Å². The minimum Gasteiger partial charge on any atom is -0.323 e. The Bertz CT molecular complexity index is 1060. The van der Waals surface area contributed by atoms with Crippen LogP contribution < -0.4 is 10.9 Å². The van der Waals surface area contributed by atoms with E-state index >= 15 is 0 Å². The summed E-state index contributed by atoms with van der Waals surface area (Å²) < 4.78 is 1.34. The predicted octanol–water partition coefficient (Wildman–Crippen LogP) is 3.89. The molecule has 1 N–H and O–H groups in total. The second kappa shape index (κ2) is 6.44. The summed E-state index contributed by atoms with van der Waals surface area (Å²) in [7, 11) is 0. The van der Waals surface area contributed by atoms with Gasteiger partial charge in [-0.25, -0.2) is 4.98 Å². The van der Waals surface area contributed by atoms with Crippen molar-refractivity contribution in [1.29, 1.82) is 0 Å². The van der Waals surface area contributed by atoms with E-state index in [1.807, 2.05) is 0 Å². The second-order valence-corrected chi connectivity index (χ2v) is 7.81. The van der Waals surface area contributed by atoms with Crippen LogP contribution in [-0.4, -0.2) is 15.5 Å². The number of fused-ring (bicyclic) bond motifs is 3. The van der Waals surface area contributed by atoms with Crippen LogP contribution in [0.1, 0.15) is 16.9 Å². The Balaban J connectivity index is 1.61. The number of nitrogens with one attached hydrogen (secondary N) is 1. The summed E-state index contributed by atoms with van der Waals surface area (Å²) in [5.41, 5.74) is 1.39. The highest BCUT2D eigenvalue weighted by Gasteiger charge is 2.21. The third kappa shape index (κ3) is 3.05. The minimum absolute atomic E-state index is 0.120. The lowest BCUT2D eigenvalue weighted by molar-refractivity contribution is -0.116. The molecule has 0 atom stereocenters. The van der Waals surface area contributed by atoms with Gasteiger partial charge in [0.1, 0.15) is 11.4 Å². The summed E-state index contributed by atoms with van der Waals surface area (Å²) in [5.74, 6) is -0.348. The largest absolute Gasteiger partial charge is 0.323 e. The average molecular weight is 394 g/mol. The molecule has 2 aromatic heterocycles. The first kappa shape index (κ1) is 16.6. The van der Waals surface area contributed by atoms with Crippen LogP contribution in [-0.2, 0) is 24.2 Å². The molecule has 5 nitrogen and oxygen atoms in total. The number of hydrogen-bond donors (Lipinski definition) is 1. The zero-order valence-corrected chi connectivity index (χ0v) is 15.3. The molecule has 0 aliphatic heterocycles. The lowest BCUT2D eigenvalue weighted by Crippen LogP contribution is -2.28. The van der Waals surface area contributed by atoms with E-state index in [2.05, 4.69) is 10.3 Å². The molecular weight excluding hydrogens is 381 g/mol. The van der Waals surface area contributed by atoms with Crippen LogP contribution in [0.3, 0.4) is 0 Å². The van der Waals surface area contributed by atoms with Crippen molar-refractivity contribution in [2.24, 2.45) is 0 Å². The fraction of sp³-hybridized carbons (Fsp3) is 0.235. The molecule has 2 heterocycles. The van der Waals surface area contributed by atoms with E-state index in [-0.39, 0.29) is 18.0 Å². The number of carbonyl (C=O) groups is 1. The highest BCUT2D eigenvalue weighted by Crippen LogP contribution is 2.34. The van der Waals surface area contributed by atoms with Gasteiger partial charge in [0.2, 0.25) is 5.91 Å². The van der Waals surface area contributed by atoms with Crippen LogP contribution in [0.15, 0.2) is 29.3 Å². The summed E-state index contributed by atoms with van der Waals surface area (Å²) in [6.07, 6.45) is 4.41. The van der Waals surface area contributed by atoms with Gasteiger partial charge in [0.05, 0.1) is 22.4 Å². The molecule has 1 aliphatic rings. The number of nitrogens with zero attached hydrogens (tertiary/aromatic N) is 2. The summed E-state index contributed by atoms with van der Waals surface area (Å²) in [5, 5.41) is 4.19. The molecule has 1 aliphatic carbocycles. The molecule has 0 fully saturated rings. The predicted molar refractivity (Wildman–Crippen MR) is 101 cm³/mol. The first-order valence-corrected chi connectivity index (χ1v) is 9.35. The number of aromatic nitrogens is 2. The summed E-state index contributed by atoms with van der Waals surface area (Å²) in [4.78, 5) is 31.4. The quantitative estimate of drug-likeness (QED) is 0.733. The van der Waals surface area contributed by atoms with E-state index in [0.717, 1.165) is 29.7 Å². The molecular formula is C17H13Cl2N3O2S. The Labute approximate surface area is 157 Å². The lowest BCUT2D eigenvalue weighted by atomic mass is 10.2. The van der Waals surface area contributed by atoms with E-state index in [4.69, 9.17) is 23.2 Å². The molecule has 0 unspecified atom stereocenters. The molecule has 4 rings (SSSR count). The standard InChI is InChI=1S/C17H13Cl2N3O2S/c18-9-4-5-12(11(19)6-9)21-14(23)7-22-8-20-16-15(17(22)24)10-2-1-3-13(10)25-16/h4-6,8H,1-3,7H2,(H,21,23). The smallest absolute Gasteiger partial charge is 0.262 e. The number of aryl methyl sites for hydroxylation is 2. The molecule has 1 aromatic carbocycles. The lowest BCUT2D eigenvalue weighted by Gasteiger charge is -2.09. The second-order valence-electron chi connectivity index (χ2n) is 5.89. The third-order valence-electron chi connectivity index (χ3n) is 4.21. The molecule has 0 bridgehead atoms. The maximum Gasteiger partial charge on any atom is 0.262 e. The SMILES string of the molecule is O=C(Cn1cnc2sc3c(c2c1=O)CCC3)Nc1ccc(Cl)cc1Cl. The van der Waals surface area contributed by atoms with Crippen molar-refractivity contribution in [2.75, 3.05) is 5.32 Å². The normalized spacial score (nSPS) is 13.2. The molecule has 128 valence electrons. The van der Waals surface area contributed by atoms with Crippen LogP contribution in [0.25, 0.3) is 10.2 Å². The molecule has 25 heavy (non-hydrogen) atoms. The van der Waals surface area contributed by atoms with Crippen LogP contribution >= 0.6 is 34.5 Å². The minimum atomic E-state index is -0.348. The van der Waals surface area contributed by atoms with Gasteiger partial charge in [-0.1, -0.05) is 23.2 Å². The summed E-state index contributed by atoms with van der Waals surface area (Å²) >= 11 is 13.5. The van der Waals surface area contributed by atoms with Gasteiger partial charge in [-0.2, -0.15) is 0 Å². The molecule has 3 aromatic rings. The topological polar surface area (TPSA) is 64.0 Å². The van der Waals surface area contributed by atoms with Gasteiger partial charge < -0.3 is 5.32 Å². The number of carbonyl (C=O) groups excluding carboxylic acids is 1. The Morgan fingerprint density at radius 2 is 2.16 bits per heavy atom. The zero-order valence-electron chi connectivity index (χ0n) is 13.0. The summed E-state index contributed by atoms with van der Waals surface area (Å²) in [6, 6.07) is 4.81. The average Bonchev–Trinajstić information content (AvgIpc) is 3.13. The number of rotatable bonds is 3. The van der Waals surface area contributed by atoms with E-state index in [0.29, 0.717) is 21.1 Å². The van der Waals surface area contributed by atoms with Gasteiger partial charge >= 0.3 is 0 Å². The number of benzene rings is 1. The van der Waals surface area contributed by atoms with Gasteiger partial charge in [0, 0.05) is 9.90 Å². The van der Waals surface area contributed by atoms with E-state index in [9.17, 15) is 9.59 Å². The van der Waals surface area contributed by atoms with Gasteiger partial charge in [-0.05, 0) is 43.0 Å². The number of anilines is 1. The monoisotopic (exact) mass is 393 g/mol. The Hall–Kier alpha value is -1.89. The van der Waals surface area contributed by atoms with Crippen molar-refractivity contribution in [3.8, 4) is 0 Å². The van der Waals surface area contributed by atoms with Crippen LogP contribution in [0, 0.1) is 0 Å². The van der Waals surface area contributed by atoms with E-state index in [1.54, 1.807) is 29.5 Å². The van der Waals surface area contributed by atoms with Crippen molar-refractivity contribution in [3.05, 3.63) is 55.4 Å². The molecule has 0 saturated heterocycles. The fourth-order valence-electron chi connectivity index (χ4n) is 3.07. The Morgan fingerprint density at radius 1 is 1.32 bits per heavy atom. The van der Waals surface area contributed by atoms with Crippen molar-refractivity contribution in [2.45, 2.75) is 25.8 Å². The molecule has 0 saturated carbocycles. The Morgan fingerprint density at radius 3 is 2.96 bits per heavy atom. The van der Waals surface area contributed by atoms with Crippen molar-refractivity contribution >= 4 is 56.3 Å². The number of hydrogen-bond acceptors (Lipinski definition) is 4. The van der Waals surface area contributed by atoms with Gasteiger partial charge in [-0.3, -0.25) is 14.2 Å². The van der Waals surface area contributed by atoms with Crippen molar-refractivity contribution in [3.63, 3.8) is 0 Å². The first-order chi connectivity index (χ1) is 12.0. The highest BCUT2D eigenvalue weighted by molar-refractivity contribution is 7.18. The molecule has 8 heteroatoms. The van der Waals surface area contributed by atoms with E-state index in [1.165, 1.54) is 15.8 Å². The van der Waals surface area contributed by atoms with Gasteiger partial charge in [0.25, 0.3) is 5.56 Å². The highest BCUT2D eigenvalue weighted by atomic mass is 35.5. The van der Waals surface area contributed by atoms with Gasteiger partial charge in [0.15, 0.2) is 0 Å². The molecule has 0 spiro atoms. The third-order valence-corrected chi connectivity index (χ3v) is 5.96. The zero-order chi connectivity index (χ0) is 17.6. The van der Waals surface area contributed by atoms with Gasteiger partial charge in [-0.15, -0.1) is 11.3 Å². The maximum absolute atomic E-state index is 12.8. The molecule has 0 radical (unpaired) electrons. The van der Waals surface area contributed by atoms with Crippen molar-refractivity contribution in [1.82, 2.24) is 9.55 Å². The van der Waals surface area contributed by atoms with E-state index < -0.39 is 0 Å². The summed E-state index contributed by atoms with van der Waals surface area (Å²) in [6.45, 7) is -0.120. The van der Waals surface area contributed by atoms with Crippen molar-refractivity contribution < 1.29 is 4.79 Å². The Kier molecular flexibility index (Phi) is 4.27. The number of thiophene rings is 1. The van der Waals surface area contributed by atoms with Crippen LogP contribution in [0.4, 0.5) is 5.69 Å². The first-order valence-electron chi connectivity index (χ1n) is 7.77. The molecule has 1 amide bonds. The van der Waals surface area contributed by atoms with Crippen LogP contribution in [0.5, 0.6) is 0 Å². The number of amides is 1. The fourth-order valence-corrected chi connectivity index (χ4v) is 4.74.